The molecule has 4 rings (SSSR count). The second-order valence-corrected chi connectivity index (χ2v) is 10.7. The molecule has 2 aromatic carbocycles. The second-order valence-electron chi connectivity index (χ2n) is 8.46. The Hall–Kier alpha value is -2.20. The molecular formula is C23H27ClFN3O4S. The van der Waals surface area contributed by atoms with Crippen LogP contribution in [0, 0.1) is 5.82 Å². The van der Waals surface area contributed by atoms with Crippen molar-refractivity contribution < 1.29 is 22.3 Å². The third kappa shape index (κ3) is 5.32. The van der Waals surface area contributed by atoms with Crippen molar-refractivity contribution in [3.05, 3.63) is 64.9 Å². The van der Waals surface area contributed by atoms with Gasteiger partial charge in [-0.3, -0.25) is 0 Å². The van der Waals surface area contributed by atoms with Gasteiger partial charge in [0.1, 0.15) is 12.4 Å². The van der Waals surface area contributed by atoms with Gasteiger partial charge in [-0.25, -0.2) is 17.6 Å². The minimum atomic E-state index is -3.95. The summed E-state index contributed by atoms with van der Waals surface area (Å²) in [5.41, 5.74) is 0.570. The van der Waals surface area contributed by atoms with Crippen molar-refractivity contribution in [3.63, 3.8) is 0 Å². The molecule has 0 bridgehead atoms. The first-order valence-electron chi connectivity index (χ1n) is 10.9. The first kappa shape index (κ1) is 23.9. The van der Waals surface area contributed by atoms with Gasteiger partial charge in [0.05, 0.1) is 17.0 Å². The standard InChI is InChI=1S/C23H27ClFN3O4S/c1-26-11-13-27(14-12-26)23(29)32-16-20-7-10-22(17-3-2-4-19(25)15-17)28(20)33(30,31)21-8-5-18(24)6-9-21/h2-6,8-9,15,20,22H,7,10-14,16H2,1H3/t20-,22+/m1/s1. The molecule has 2 aliphatic heterocycles. The average Bonchev–Trinajstić information content (AvgIpc) is 3.23. The number of hydrogen-bond acceptors (Lipinski definition) is 5. The fraction of sp³-hybridized carbons (Fsp3) is 0.435. The topological polar surface area (TPSA) is 70.2 Å². The third-order valence-corrected chi connectivity index (χ3v) is 8.45. The Labute approximate surface area is 198 Å². The van der Waals surface area contributed by atoms with Gasteiger partial charge in [0.2, 0.25) is 10.0 Å². The van der Waals surface area contributed by atoms with Crippen LogP contribution in [0.1, 0.15) is 24.4 Å². The molecule has 7 nitrogen and oxygen atoms in total. The van der Waals surface area contributed by atoms with Crippen LogP contribution in [0.2, 0.25) is 5.02 Å². The first-order chi connectivity index (χ1) is 15.8. The fourth-order valence-electron chi connectivity index (χ4n) is 4.38. The minimum absolute atomic E-state index is 0.0657. The van der Waals surface area contributed by atoms with Crippen molar-refractivity contribution in [2.75, 3.05) is 39.8 Å². The Bertz CT molecular complexity index is 1090. The number of hydrogen-bond donors (Lipinski definition) is 0. The van der Waals surface area contributed by atoms with E-state index in [0.717, 1.165) is 13.1 Å². The van der Waals surface area contributed by atoms with E-state index in [4.69, 9.17) is 16.3 Å². The molecule has 0 aromatic heterocycles. The van der Waals surface area contributed by atoms with Gasteiger partial charge in [0.15, 0.2) is 0 Å². The number of nitrogens with zero attached hydrogens (tertiary/aromatic N) is 3. The van der Waals surface area contributed by atoms with E-state index in [9.17, 15) is 17.6 Å². The number of ether oxygens (including phenoxy) is 1. The number of sulfonamides is 1. The maximum atomic E-state index is 13.9. The molecule has 1 amide bonds. The van der Waals surface area contributed by atoms with E-state index >= 15 is 0 Å². The van der Waals surface area contributed by atoms with Crippen LogP contribution in [0.15, 0.2) is 53.4 Å². The molecule has 0 radical (unpaired) electrons. The lowest BCUT2D eigenvalue weighted by Gasteiger charge is -2.33. The Balaban J connectivity index is 1.57. The molecule has 0 aliphatic carbocycles. The number of carbonyl (C=O) groups is 1. The zero-order valence-electron chi connectivity index (χ0n) is 18.4. The van der Waals surface area contributed by atoms with Crippen molar-refractivity contribution in [2.24, 2.45) is 0 Å². The van der Waals surface area contributed by atoms with E-state index in [1.807, 2.05) is 7.05 Å². The number of piperazine rings is 1. The number of benzene rings is 2. The predicted molar refractivity (Wildman–Crippen MR) is 123 cm³/mol. The normalized spacial score (nSPS) is 22.5. The maximum Gasteiger partial charge on any atom is 0.409 e. The minimum Gasteiger partial charge on any atom is -0.448 e. The average molecular weight is 496 g/mol. The van der Waals surface area contributed by atoms with Crippen LogP contribution in [0.25, 0.3) is 0 Å². The second kappa shape index (κ2) is 9.97. The number of rotatable bonds is 5. The number of carbonyl (C=O) groups excluding carboxylic acids is 1. The van der Waals surface area contributed by atoms with Crippen LogP contribution < -0.4 is 0 Å². The van der Waals surface area contributed by atoms with Crippen LogP contribution >= 0.6 is 11.6 Å². The van der Waals surface area contributed by atoms with Crippen molar-refractivity contribution >= 4 is 27.7 Å². The highest BCUT2D eigenvalue weighted by molar-refractivity contribution is 7.89. The maximum absolute atomic E-state index is 13.9. The molecule has 2 saturated heterocycles. The zero-order valence-corrected chi connectivity index (χ0v) is 19.9. The lowest BCUT2D eigenvalue weighted by Crippen LogP contribution is -2.48. The monoisotopic (exact) mass is 495 g/mol. The molecule has 0 N–H and O–H groups in total. The van der Waals surface area contributed by atoms with Crippen LogP contribution in [0.4, 0.5) is 9.18 Å². The van der Waals surface area contributed by atoms with Gasteiger partial charge < -0.3 is 14.5 Å². The smallest absolute Gasteiger partial charge is 0.409 e. The van der Waals surface area contributed by atoms with Gasteiger partial charge in [0.25, 0.3) is 0 Å². The summed E-state index contributed by atoms with van der Waals surface area (Å²) < 4.78 is 48.1. The fourth-order valence-corrected chi connectivity index (χ4v) is 6.35. The van der Waals surface area contributed by atoms with Gasteiger partial charge in [-0.1, -0.05) is 23.7 Å². The van der Waals surface area contributed by atoms with E-state index in [1.54, 1.807) is 17.0 Å². The SMILES string of the molecule is CN1CCN(C(=O)OC[C@H]2CC[C@@H](c3cccc(F)c3)N2S(=O)(=O)c2ccc(Cl)cc2)CC1. The van der Waals surface area contributed by atoms with Crippen LogP contribution in [-0.2, 0) is 14.8 Å². The number of halogens is 2. The Morgan fingerprint density at radius 2 is 1.79 bits per heavy atom. The zero-order chi connectivity index (χ0) is 23.6. The summed E-state index contributed by atoms with van der Waals surface area (Å²) in [4.78, 5) is 16.4. The van der Waals surface area contributed by atoms with Crippen molar-refractivity contribution in [3.8, 4) is 0 Å². The van der Waals surface area contributed by atoms with E-state index in [2.05, 4.69) is 4.90 Å². The molecule has 0 spiro atoms. The van der Waals surface area contributed by atoms with Gasteiger partial charge in [-0.2, -0.15) is 4.31 Å². The predicted octanol–water partition coefficient (Wildman–Crippen LogP) is 3.76. The lowest BCUT2D eigenvalue weighted by atomic mass is 10.1. The van der Waals surface area contributed by atoms with Crippen molar-refractivity contribution in [1.29, 1.82) is 0 Å². The third-order valence-electron chi connectivity index (χ3n) is 6.22. The highest BCUT2D eigenvalue weighted by atomic mass is 35.5. The van der Waals surface area contributed by atoms with Gasteiger partial charge in [0, 0.05) is 31.2 Å². The summed E-state index contributed by atoms with van der Waals surface area (Å²) >= 11 is 5.94. The summed E-state index contributed by atoms with van der Waals surface area (Å²) in [5, 5.41) is 0.426. The highest BCUT2D eigenvalue weighted by Gasteiger charge is 2.43. The highest BCUT2D eigenvalue weighted by Crippen LogP contribution is 2.41. The van der Waals surface area contributed by atoms with E-state index in [1.165, 1.54) is 40.7 Å². The molecule has 0 saturated carbocycles. The first-order valence-corrected chi connectivity index (χ1v) is 12.7. The molecule has 10 heteroatoms. The molecule has 2 fully saturated rings. The number of amides is 1. The largest absolute Gasteiger partial charge is 0.448 e. The quantitative estimate of drug-likeness (QED) is 0.631. The van der Waals surface area contributed by atoms with E-state index < -0.39 is 34.0 Å². The van der Waals surface area contributed by atoms with Gasteiger partial charge in [-0.05, 0) is 61.9 Å². The Morgan fingerprint density at radius 1 is 1.09 bits per heavy atom. The van der Waals surface area contributed by atoms with E-state index in [-0.39, 0.29) is 11.5 Å². The summed E-state index contributed by atoms with van der Waals surface area (Å²) in [7, 11) is -1.96. The number of likely N-dealkylation sites (N-methyl/N-ethyl adjacent to an activating group) is 1. The van der Waals surface area contributed by atoms with Gasteiger partial charge in [-0.15, -0.1) is 0 Å². The van der Waals surface area contributed by atoms with Crippen molar-refractivity contribution in [1.82, 2.24) is 14.1 Å². The molecular weight excluding hydrogens is 469 g/mol. The molecule has 2 aliphatic rings. The molecule has 2 atom stereocenters. The molecule has 0 unspecified atom stereocenters. The molecule has 2 heterocycles. The Kier molecular flexibility index (Phi) is 7.23. The van der Waals surface area contributed by atoms with Crippen LogP contribution in [0.5, 0.6) is 0 Å². The summed E-state index contributed by atoms with van der Waals surface area (Å²) in [6, 6.07) is 10.8. The molecule has 2 aromatic rings. The van der Waals surface area contributed by atoms with Gasteiger partial charge >= 0.3 is 6.09 Å². The summed E-state index contributed by atoms with van der Waals surface area (Å²) in [6.07, 6.45) is 0.540. The Morgan fingerprint density at radius 3 is 2.45 bits per heavy atom. The van der Waals surface area contributed by atoms with E-state index in [0.29, 0.717) is 36.5 Å². The summed E-state index contributed by atoms with van der Waals surface area (Å²) in [6.45, 7) is 2.59. The van der Waals surface area contributed by atoms with Crippen molar-refractivity contribution in [2.45, 2.75) is 29.8 Å². The lowest BCUT2D eigenvalue weighted by molar-refractivity contribution is 0.0688. The van der Waals surface area contributed by atoms with Crippen LogP contribution in [-0.4, -0.2) is 74.5 Å². The molecule has 33 heavy (non-hydrogen) atoms. The molecule has 178 valence electrons. The van der Waals surface area contributed by atoms with Crippen LogP contribution in [0.3, 0.4) is 0 Å². The summed E-state index contributed by atoms with van der Waals surface area (Å²) in [5.74, 6) is -0.429.